The van der Waals surface area contributed by atoms with E-state index >= 15 is 0 Å². The Bertz CT molecular complexity index is 213. The van der Waals surface area contributed by atoms with E-state index in [0.29, 0.717) is 0 Å². The molecular weight excluding hydrogens is 181 g/mol. The summed E-state index contributed by atoms with van der Waals surface area (Å²) in [5, 5.41) is 0. The molecule has 0 heterocycles. The molecule has 0 aromatic carbocycles. The van der Waals surface area contributed by atoms with Gasteiger partial charge in [-0.1, -0.05) is 36.5 Å². The van der Waals surface area contributed by atoms with Gasteiger partial charge < -0.3 is 0 Å². The molecule has 13 heavy (non-hydrogen) atoms. The van der Waals surface area contributed by atoms with Gasteiger partial charge in [0, 0.05) is 0 Å². The molecule has 0 unspecified atom stereocenters. The second kappa shape index (κ2) is 5.59. The van der Waals surface area contributed by atoms with Crippen LogP contribution < -0.4 is 0 Å². The van der Waals surface area contributed by atoms with Gasteiger partial charge in [-0.05, 0) is 6.92 Å². The number of rotatable bonds is 4. The van der Waals surface area contributed by atoms with Crippen molar-refractivity contribution in [2.45, 2.75) is 13.3 Å². The predicted molar refractivity (Wildman–Crippen MR) is 45.1 cm³/mol. The first-order valence-electron chi connectivity index (χ1n) is 3.62. The van der Waals surface area contributed by atoms with Crippen molar-refractivity contribution in [3.8, 4) is 0 Å². The molecule has 0 atom stereocenters. The number of halogens is 3. The van der Waals surface area contributed by atoms with Crippen molar-refractivity contribution in [1.82, 2.24) is 0 Å². The van der Waals surface area contributed by atoms with E-state index < -0.39 is 13.0 Å². The fourth-order valence-electron chi connectivity index (χ4n) is 0.618. The maximum Gasteiger partial charge on any atom is 0.522 e. The van der Waals surface area contributed by atoms with Crippen LogP contribution in [0.1, 0.15) is 6.92 Å². The Morgan fingerprint density at radius 3 is 2.54 bits per heavy atom. The molecule has 0 aliphatic rings. The molecule has 0 aliphatic heterocycles. The highest BCUT2D eigenvalue weighted by Crippen LogP contribution is 2.15. The summed E-state index contributed by atoms with van der Waals surface area (Å²) in [6.45, 7) is 4.74. The Morgan fingerprint density at radius 2 is 2.08 bits per heavy atom. The Morgan fingerprint density at radius 1 is 1.46 bits per heavy atom. The topological polar surface area (TPSA) is 9.23 Å². The molecule has 0 aliphatic carbocycles. The van der Waals surface area contributed by atoms with Crippen LogP contribution in [0.15, 0.2) is 36.5 Å². The molecule has 0 saturated heterocycles. The van der Waals surface area contributed by atoms with Crippen LogP contribution in [0.3, 0.4) is 0 Å². The summed E-state index contributed by atoms with van der Waals surface area (Å²) >= 11 is 0. The predicted octanol–water partition coefficient (Wildman–Crippen LogP) is 3.21. The van der Waals surface area contributed by atoms with E-state index in [9.17, 15) is 13.2 Å². The highest BCUT2D eigenvalue weighted by atomic mass is 19.4. The Kier molecular flexibility index (Phi) is 5.14. The van der Waals surface area contributed by atoms with Crippen LogP contribution in [0.25, 0.3) is 0 Å². The summed E-state index contributed by atoms with van der Waals surface area (Å²) in [5.74, 6) is 0. The molecule has 1 nitrogen and oxygen atoms in total. The molecule has 0 amide bonds. The van der Waals surface area contributed by atoms with Gasteiger partial charge in [-0.15, -0.1) is 13.2 Å². The first-order valence-corrected chi connectivity index (χ1v) is 3.62. The third-order valence-electron chi connectivity index (χ3n) is 1.10. The molecule has 0 saturated carbocycles. The molecule has 0 aromatic heterocycles. The minimum absolute atomic E-state index is 0.466. The smallest absolute Gasteiger partial charge is 0.288 e. The Labute approximate surface area is 75.2 Å². The number of allylic oxidation sites excluding steroid dienone is 4. The quantitative estimate of drug-likeness (QED) is 0.621. The molecule has 0 fully saturated rings. The molecular formula is C9H11F3O. The summed E-state index contributed by atoms with van der Waals surface area (Å²) in [5.41, 5.74) is 0.820. The molecule has 0 bridgehead atoms. The van der Waals surface area contributed by atoms with Gasteiger partial charge in [0.25, 0.3) is 0 Å². The first-order chi connectivity index (χ1) is 5.95. The molecule has 0 N–H and O–H groups in total. The van der Waals surface area contributed by atoms with E-state index in [-0.39, 0.29) is 0 Å². The van der Waals surface area contributed by atoms with Gasteiger partial charge in [0.1, 0.15) is 0 Å². The van der Waals surface area contributed by atoms with Gasteiger partial charge in [0.2, 0.25) is 0 Å². The number of ether oxygens (including phenoxy) is 1. The lowest BCUT2D eigenvalue weighted by Crippen LogP contribution is -2.12. The summed E-state index contributed by atoms with van der Waals surface area (Å²) in [6, 6.07) is 0. The lowest BCUT2D eigenvalue weighted by atomic mass is 10.2. The maximum atomic E-state index is 11.4. The summed E-state index contributed by atoms with van der Waals surface area (Å²) in [4.78, 5) is 0. The summed E-state index contributed by atoms with van der Waals surface area (Å²) in [7, 11) is 0. The second-order valence-corrected chi connectivity index (χ2v) is 2.31. The zero-order chi connectivity index (χ0) is 10.3. The molecule has 0 rings (SSSR count). The van der Waals surface area contributed by atoms with Crippen molar-refractivity contribution in [3.05, 3.63) is 36.5 Å². The van der Waals surface area contributed by atoms with E-state index in [2.05, 4.69) is 11.3 Å². The lowest BCUT2D eigenvalue weighted by molar-refractivity contribution is -0.319. The summed E-state index contributed by atoms with van der Waals surface area (Å²) < 4.78 is 37.8. The maximum absolute atomic E-state index is 11.4. The molecule has 0 aromatic rings. The molecule has 0 radical (unpaired) electrons. The normalized spacial score (nSPS) is 13.7. The van der Waals surface area contributed by atoms with Crippen molar-refractivity contribution in [2.24, 2.45) is 0 Å². The van der Waals surface area contributed by atoms with Crippen LogP contribution in [-0.4, -0.2) is 13.0 Å². The summed E-state index contributed by atoms with van der Waals surface area (Å²) in [6.07, 6.45) is 1.52. The van der Waals surface area contributed by atoms with Crippen molar-refractivity contribution >= 4 is 0 Å². The van der Waals surface area contributed by atoms with Gasteiger partial charge in [-0.25, -0.2) is 0 Å². The number of hydrogen-bond acceptors (Lipinski definition) is 1. The van der Waals surface area contributed by atoms with Gasteiger partial charge in [-0.2, -0.15) is 0 Å². The SMILES string of the molecule is C=C/C=C(C)\C=C/COC(F)(F)F. The zero-order valence-corrected chi connectivity index (χ0v) is 7.27. The minimum Gasteiger partial charge on any atom is -0.288 e. The van der Waals surface area contributed by atoms with E-state index in [1.807, 2.05) is 0 Å². The highest BCUT2D eigenvalue weighted by Gasteiger charge is 2.27. The van der Waals surface area contributed by atoms with Crippen LogP contribution in [-0.2, 0) is 4.74 Å². The lowest BCUT2D eigenvalue weighted by Gasteiger charge is -2.03. The van der Waals surface area contributed by atoms with E-state index in [1.54, 1.807) is 19.1 Å². The third kappa shape index (κ3) is 8.88. The van der Waals surface area contributed by atoms with Crippen molar-refractivity contribution in [3.63, 3.8) is 0 Å². The first kappa shape index (κ1) is 12.0. The average Bonchev–Trinajstić information content (AvgIpc) is 1.97. The number of alkyl halides is 3. The fourth-order valence-corrected chi connectivity index (χ4v) is 0.618. The Hall–Kier alpha value is -1.03. The van der Waals surface area contributed by atoms with Gasteiger partial charge in [-0.3, -0.25) is 4.74 Å². The molecule has 74 valence electrons. The van der Waals surface area contributed by atoms with Gasteiger partial charge >= 0.3 is 6.36 Å². The standard InChI is InChI=1S/C9H11F3O/c1-3-5-8(2)6-4-7-13-9(10,11)12/h3-6H,1,7H2,2H3/b6-4-,8-5-. The van der Waals surface area contributed by atoms with Gasteiger partial charge in [0.15, 0.2) is 0 Å². The van der Waals surface area contributed by atoms with E-state index in [1.165, 1.54) is 12.2 Å². The van der Waals surface area contributed by atoms with Crippen LogP contribution in [0.4, 0.5) is 13.2 Å². The average molecular weight is 192 g/mol. The van der Waals surface area contributed by atoms with Crippen LogP contribution >= 0.6 is 0 Å². The number of hydrogen-bond donors (Lipinski definition) is 0. The van der Waals surface area contributed by atoms with Crippen molar-refractivity contribution in [2.75, 3.05) is 6.61 Å². The highest BCUT2D eigenvalue weighted by molar-refractivity contribution is 5.20. The molecule has 4 heteroatoms. The zero-order valence-electron chi connectivity index (χ0n) is 7.27. The van der Waals surface area contributed by atoms with E-state index in [0.717, 1.165) is 5.57 Å². The largest absolute Gasteiger partial charge is 0.522 e. The molecule has 0 spiro atoms. The van der Waals surface area contributed by atoms with Crippen LogP contribution in [0.5, 0.6) is 0 Å². The van der Waals surface area contributed by atoms with E-state index in [4.69, 9.17) is 0 Å². The fraction of sp³-hybridized carbons (Fsp3) is 0.333. The minimum atomic E-state index is -4.56. The monoisotopic (exact) mass is 192 g/mol. The van der Waals surface area contributed by atoms with Crippen molar-refractivity contribution < 1.29 is 17.9 Å². The van der Waals surface area contributed by atoms with Crippen LogP contribution in [0, 0.1) is 0 Å². The third-order valence-corrected chi connectivity index (χ3v) is 1.10. The Balaban J connectivity index is 3.77. The van der Waals surface area contributed by atoms with Crippen LogP contribution in [0.2, 0.25) is 0 Å². The van der Waals surface area contributed by atoms with Crippen molar-refractivity contribution in [1.29, 1.82) is 0 Å². The second-order valence-electron chi connectivity index (χ2n) is 2.31. The van der Waals surface area contributed by atoms with Gasteiger partial charge in [0.05, 0.1) is 6.61 Å².